The van der Waals surface area contributed by atoms with Crippen LogP contribution >= 0.6 is 34.8 Å². The number of pyridine rings is 1. The summed E-state index contributed by atoms with van der Waals surface area (Å²) < 4.78 is 0. The molecule has 0 bridgehead atoms. The second kappa shape index (κ2) is 8.98. The fourth-order valence-electron chi connectivity index (χ4n) is 3.19. The standard InChI is InChI=1S/C24H15Cl3N2O2/c25-15-7-5-14(6-8-15)21-13-19(18-3-1-2-4-20(18)27)22(24(31)29-21)23(30)28-17-11-9-16(26)10-12-17/h1-13H,(H,28,30)(H,29,31). The molecule has 4 aromatic rings. The Kier molecular flexibility index (Phi) is 6.14. The van der Waals surface area contributed by atoms with Gasteiger partial charge in [-0.25, -0.2) is 0 Å². The monoisotopic (exact) mass is 468 g/mol. The van der Waals surface area contributed by atoms with Crippen molar-refractivity contribution in [1.82, 2.24) is 4.98 Å². The summed E-state index contributed by atoms with van der Waals surface area (Å²) in [7, 11) is 0. The maximum Gasteiger partial charge on any atom is 0.261 e. The summed E-state index contributed by atoms with van der Waals surface area (Å²) in [6.07, 6.45) is 0. The lowest BCUT2D eigenvalue weighted by Crippen LogP contribution is -2.25. The van der Waals surface area contributed by atoms with Crippen LogP contribution in [0.4, 0.5) is 5.69 Å². The number of nitrogens with one attached hydrogen (secondary N) is 2. The molecule has 0 saturated carbocycles. The van der Waals surface area contributed by atoms with Crippen LogP contribution in [0.5, 0.6) is 0 Å². The highest BCUT2D eigenvalue weighted by Gasteiger charge is 2.21. The fourth-order valence-corrected chi connectivity index (χ4v) is 3.68. The van der Waals surface area contributed by atoms with Gasteiger partial charge < -0.3 is 10.3 Å². The van der Waals surface area contributed by atoms with E-state index < -0.39 is 11.5 Å². The Bertz CT molecular complexity index is 1310. The summed E-state index contributed by atoms with van der Waals surface area (Å²) in [5.74, 6) is -0.554. The molecule has 0 fully saturated rings. The number of benzene rings is 3. The average Bonchev–Trinajstić information content (AvgIpc) is 2.75. The topological polar surface area (TPSA) is 62.0 Å². The molecular formula is C24H15Cl3N2O2. The van der Waals surface area contributed by atoms with E-state index in [1.807, 2.05) is 0 Å². The molecule has 0 spiro atoms. The summed E-state index contributed by atoms with van der Waals surface area (Å²) >= 11 is 18.3. The number of aromatic amines is 1. The van der Waals surface area contributed by atoms with Crippen LogP contribution in [0.2, 0.25) is 15.1 Å². The number of hydrogen-bond donors (Lipinski definition) is 2. The fraction of sp³-hybridized carbons (Fsp3) is 0. The van der Waals surface area contributed by atoms with Gasteiger partial charge in [0.2, 0.25) is 0 Å². The van der Waals surface area contributed by atoms with Crippen LogP contribution < -0.4 is 10.9 Å². The molecule has 4 nitrogen and oxygen atoms in total. The van der Waals surface area contributed by atoms with E-state index in [-0.39, 0.29) is 5.56 Å². The molecule has 0 radical (unpaired) electrons. The van der Waals surface area contributed by atoms with Crippen LogP contribution in [0.15, 0.2) is 83.7 Å². The largest absolute Gasteiger partial charge is 0.322 e. The Hall–Kier alpha value is -3.05. The summed E-state index contributed by atoms with van der Waals surface area (Å²) in [6, 6.07) is 22.5. The van der Waals surface area contributed by atoms with Gasteiger partial charge >= 0.3 is 0 Å². The molecular weight excluding hydrogens is 455 g/mol. The van der Waals surface area contributed by atoms with E-state index in [4.69, 9.17) is 34.8 Å². The number of aromatic nitrogens is 1. The van der Waals surface area contributed by atoms with Crippen molar-refractivity contribution in [3.05, 3.63) is 110 Å². The zero-order valence-electron chi connectivity index (χ0n) is 16.0. The van der Waals surface area contributed by atoms with E-state index in [2.05, 4.69) is 10.3 Å². The molecule has 0 aliphatic heterocycles. The summed E-state index contributed by atoms with van der Waals surface area (Å²) in [4.78, 5) is 29.0. The molecule has 0 saturated heterocycles. The molecule has 154 valence electrons. The van der Waals surface area contributed by atoms with E-state index in [0.29, 0.717) is 37.6 Å². The van der Waals surface area contributed by atoms with Crippen molar-refractivity contribution in [2.45, 2.75) is 0 Å². The molecule has 0 unspecified atom stereocenters. The van der Waals surface area contributed by atoms with Crippen LogP contribution in [0, 0.1) is 0 Å². The molecule has 2 N–H and O–H groups in total. The van der Waals surface area contributed by atoms with E-state index in [0.717, 1.165) is 5.56 Å². The van der Waals surface area contributed by atoms with Gasteiger partial charge in [0.1, 0.15) is 5.56 Å². The van der Waals surface area contributed by atoms with Crippen LogP contribution in [0.3, 0.4) is 0 Å². The number of H-pyrrole nitrogens is 1. The molecule has 1 aromatic heterocycles. The van der Waals surface area contributed by atoms with Gasteiger partial charge in [0, 0.05) is 37.6 Å². The Morgan fingerprint density at radius 2 is 1.39 bits per heavy atom. The predicted molar refractivity (Wildman–Crippen MR) is 127 cm³/mol. The van der Waals surface area contributed by atoms with Crippen molar-refractivity contribution in [3.8, 4) is 22.4 Å². The van der Waals surface area contributed by atoms with Crippen LogP contribution in [-0.2, 0) is 0 Å². The van der Waals surface area contributed by atoms with Crippen LogP contribution in [0.1, 0.15) is 10.4 Å². The minimum Gasteiger partial charge on any atom is -0.322 e. The lowest BCUT2D eigenvalue weighted by molar-refractivity contribution is 0.102. The van der Waals surface area contributed by atoms with E-state index in [1.54, 1.807) is 78.9 Å². The van der Waals surface area contributed by atoms with Gasteiger partial charge in [-0.15, -0.1) is 0 Å². The summed E-state index contributed by atoms with van der Waals surface area (Å²) in [5.41, 5.74) is 2.23. The second-order valence-electron chi connectivity index (χ2n) is 6.75. The maximum atomic E-state index is 13.1. The molecule has 31 heavy (non-hydrogen) atoms. The number of halogens is 3. The number of anilines is 1. The van der Waals surface area contributed by atoms with E-state index in [9.17, 15) is 9.59 Å². The van der Waals surface area contributed by atoms with Crippen LogP contribution in [0.25, 0.3) is 22.4 Å². The number of amides is 1. The highest BCUT2D eigenvalue weighted by molar-refractivity contribution is 6.33. The third-order valence-corrected chi connectivity index (χ3v) is 5.52. The maximum absolute atomic E-state index is 13.1. The molecule has 4 rings (SSSR count). The third kappa shape index (κ3) is 4.67. The zero-order valence-corrected chi connectivity index (χ0v) is 18.2. The zero-order chi connectivity index (χ0) is 22.0. The van der Waals surface area contributed by atoms with Crippen molar-refractivity contribution < 1.29 is 4.79 Å². The van der Waals surface area contributed by atoms with Gasteiger partial charge in [-0.2, -0.15) is 0 Å². The van der Waals surface area contributed by atoms with Crippen molar-refractivity contribution in [3.63, 3.8) is 0 Å². The van der Waals surface area contributed by atoms with E-state index in [1.165, 1.54) is 0 Å². The minimum absolute atomic E-state index is 0.0410. The van der Waals surface area contributed by atoms with Gasteiger partial charge in [0.15, 0.2) is 0 Å². The van der Waals surface area contributed by atoms with Crippen molar-refractivity contribution in [2.24, 2.45) is 0 Å². The van der Waals surface area contributed by atoms with Gasteiger partial charge in [-0.1, -0.05) is 65.1 Å². The van der Waals surface area contributed by atoms with Crippen molar-refractivity contribution in [2.75, 3.05) is 5.32 Å². The molecule has 0 aliphatic rings. The van der Waals surface area contributed by atoms with Gasteiger partial charge in [-0.3, -0.25) is 9.59 Å². The molecule has 1 heterocycles. The van der Waals surface area contributed by atoms with Gasteiger partial charge in [-0.05, 0) is 54.1 Å². The Morgan fingerprint density at radius 1 is 0.774 bits per heavy atom. The SMILES string of the molecule is O=C(Nc1ccc(Cl)cc1)c1c(-c2ccccc2Cl)cc(-c2ccc(Cl)cc2)[nH]c1=O. The summed E-state index contributed by atoms with van der Waals surface area (Å²) in [5, 5.41) is 4.29. The van der Waals surface area contributed by atoms with Gasteiger partial charge in [0.05, 0.1) is 0 Å². The highest BCUT2D eigenvalue weighted by atomic mass is 35.5. The normalized spacial score (nSPS) is 10.7. The number of rotatable bonds is 4. The second-order valence-corrected chi connectivity index (χ2v) is 8.03. The average molecular weight is 470 g/mol. The smallest absolute Gasteiger partial charge is 0.261 e. The molecule has 3 aromatic carbocycles. The Balaban J connectivity index is 1.86. The lowest BCUT2D eigenvalue weighted by Gasteiger charge is -2.13. The first-order chi connectivity index (χ1) is 14.9. The Morgan fingerprint density at radius 3 is 2.03 bits per heavy atom. The lowest BCUT2D eigenvalue weighted by atomic mass is 9.98. The third-order valence-electron chi connectivity index (χ3n) is 4.68. The first kappa shape index (κ1) is 21.2. The number of carbonyl (C=O) groups is 1. The number of carbonyl (C=O) groups excluding carboxylic acids is 1. The quantitative estimate of drug-likeness (QED) is 0.341. The molecule has 0 aliphatic carbocycles. The first-order valence-corrected chi connectivity index (χ1v) is 10.4. The molecule has 0 atom stereocenters. The molecule has 1 amide bonds. The summed E-state index contributed by atoms with van der Waals surface area (Å²) in [6.45, 7) is 0. The van der Waals surface area contributed by atoms with Crippen molar-refractivity contribution in [1.29, 1.82) is 0 Å². The Labute approximate surface area is 193 Å². The highest BCUT2D eigenvalue weighted by Crippen LogP contribution is 2.32. The first-order valence-electron chi connectivity index (χ1n) is 9.27. The molecule has 7 heteroatoms. The van der Waals surface area contributed by atoms with Gasteiger partial charge in [0.25, 0.3) is 11.5 Å². The van der Waals surface area contributed by atoms with Crippen molar-refractivity contribution >= 4 is 46.4 Å². The minimum atomic E-state index is -0.554. The number of hydrogen-bond acceptors (Lipinski definition) is 2. The predicted octanol–water partition coefficient (Wildman–Crippen LogP) is 6.92. The van der Waals surface area contributed by atoms with E-state index >= 15 is 0 Å². The van der Waals surface area contributed by atoms with Crippen LogP contribution in [-0.4, -0.2) is 10.9 Å².